The van der Waals surface area contributed by atoms with E-state index < -0.39 is 37.1 Å². The monoisotopic (exact) mass is 412 g/mol. The van der Waals surface area contributed by atoms with Gasteiger partial charge in [0.05, 0.1) is 6.61 Å². The molecule has 0 radical (unpaired) electrons. The van der Waals surface area contributed by atoms with Crippen LogP contribution in [0.25, 0.3) is 22.6 Å². The molecule has 5 unspecified atom stereocenters. The zero-order valence-electron chi connectivity index (χ0n) is 16.6. The molecule has 1 saturated heterocycles. The predicted molar refractivity (Wildman–Crippen MR) is 107 cm³/mol. The molecule has 4 rings (SSSR count). The Balaban J connectivity index is 1.66. The van der Waals surface area contributed by atoms with Crippen LogP contribution in [0, 0.1) is 13.8 Å². The Morgan fingerprint density at radius 2 is 1.57 bits per heavy atom. The average Bonchev–Trinajstić information content (AvgIpc) is 3.19. The van der Waals surface area contributed by atoms with Crippen LogP contribution in [-0.2, 0) is 4.74 Å². The van der Waals surface area contributed by atoms with E-state index in [1.165, 1.54) is 0 Å². The first-order valence-electron chi connectivity index (χ1n) is 9.71. The highest BCUT2D eigenvalue weighted by Crippen LogP contribution is 2.37. The van der Waals surface area contributed by atoms with Gasteiger partial charge >= 0.3 is 0 Å². The third kappa shape index (κ3) is 3.64. The van der Waals surface area contributed by atoms with E-state index in [0.29, 0.717) is 17.3 Å². The first-order chi connectivity index (χ1) is 14.4. The number of aryl methyl sites for hydroxylation is 1. The van der Waals surface area contributed by atoms with Gasteiger partial charge in [-0.3, -0.25) is 0 Å². The van der Waals surface area contributed by atoms with Crippen LogP contribution in [0.4, 0.5) is 0 Å². The number of aliphatic hydroxyl groups is 4. The number of benzene rings is 2. The molecule has 30 heavy (non-hydrogen) atoms. The summed E-state index contributed by atoms with van der Waals surface area (Å²) in [4.78, 5) is 0. The fourth-order valence-corrected chi connectivity index (χ4v) is 3.84. The summed E-state index contributed by atoms with van der Waals surface area (Å²) in [5.41, 5.74) is 4.22. The lowest BCUT2D eigenvalue weighted by Crippen LogP contribution is -2.55. The third-order valence-electron chi connectivity index (χ3n) is 5.54. The lowest BCUT2D eigenvalue weighted by molar-refractivity contribution is -0.231. The van der Waals surface area contributed by atoms with Gasteiger partial charge < -0.3 is 29.6 Å². The summed E-state index contributed by atoms with van der Waals surface area (Å²) in [5, 5.41) is 48.0. The van der Waals surface area contributed by atoms with E-state index in [1.807, 2.05) is 43.3 Å². The molecule has 3 aromatic rings. The van der Waals surface area contributed by atoms with Crippen molar-refractivity contribution >= 4 is 0 Å². The van der Waals surface area contributed by atoms with Crippen molar-refractivity contribution in [2.24, 2.45) is 0 Å². The van der Waals surface area contributed by atoms with Gasteiger partial charge in [0, 0.05) is 12.5 Å². The van der Waals surface area contributed by atoms with Crippen molar-refractivity contribution in [1.82, 2.24) is 10.2 Å². The second kappa shape index (κ2) is 8.25. The minimum absolute atomic E-state index is 0.450. The van der Waals surface area contributed by atoms with Gasteiger partial charge in [0.1, 0.15) is 30.5 Å². The highest BCUT2D eigenvalue weighted by atomic mass is 16.5. The van der Waals surface area contributed by atoms with E-state index in [0.717, 1.165) is 22.3 Å². The normalized spacial score (nSPS) is 26.7. The van der Waals surface area contributed by atoms with Gasteiger partial charge in [-0.2, -0.15) is 0 Å². The maximum absolute atomic E-state index is 10.5. The Kier molecular flexibility index (Phi) is 5.68. The summed E-state index contributed by atoms with van der Waals surface area (Å²) in [5.74, 6) is 0.947. The highest BCUT2D eigenvalue weighted by Gasteiger charge is 2.44. The SMILES string of the molecule is Cc1nnc(-c2ccc(-c3cccc(C4OC(CO)C(O)C(O)C4O)c3C)cc2)o1. The second-order valence-electron chi connectivity index (χ2n) is 7.47. The molecule has 0 aliphatic carbocycles. The summed E-state index contributed by atoms with van der Waals surface area (Å²) < 4.78 is 11.2. The van der Waals surface area contributed by atoms with E-state index in [2.05, 4.69) is 10.2 Å². The Morgan fingerprint density at radius 3 is 2.20 bits per heavy atom. The van der Waals surface area contributed by atoms with Crippen LogP contribution in [0.2, 0.25) is 0 Å². The molecule has 5 atom stereocenters. The summed E-state index contributed by atoms with van der Waals surface area (Å²) in [6.45, 7) is 3.18. The third-order valence-corrected chi connectivity index (χ3v) is 5.54. The Bertz CT molecular complexity index is 1020. The van der Waals surface area contributed by atoms with E-state index in [-0.39, 0.29) is 0 Å². The molecule has 0 bridgehead atoms. The average molecular weight is 412 g/mol. The number of aliphatic hydroxyl groups excluding tert-OH is 4. The number of aromatic nitrogens is 2. The lowest BCUT2D eigenvalue weighted by atomic mass is 9.87. The second-order valence-corrected chi connectivity index (χ2v) is 7.47. The van der Waals surface area contributed by atoms with E-state index in [9.17, 15) is 20.4 Å². The quantitative estimate of drug-likeness (QED) is 0.508. The lowest BCUT2D eigenvalue weighted by Gasteiger charge is -2.40. The fourth-order valence-electron chi connectivity index (χ4n) is 3.84. The van der Waals surface area contributed by atoms with Gasteiger partial charge in [-0.15, -0.1) is 10.2 Å². The molecule has 1 fully saturated rings. The van der Waals surface area contributed by atoms with Crippen molar-refractivity contribution in [2.75, 3.05) is 6.61 Å². The Hall–Kier alpha value is -2.62. The number of hydrogen-bond donors (Lipinski definition) is 4. The zero-order chi connectivity index (χ0) is 21.4. The van der Waals surface area contributed by atoms with Gasteiger partial charge in [-0.25, -0.2) is 0 Å². The van der Waals surface area contributed by atoms with E-state index >= 15 is 0 Å². The van der Waals surface area contributed by atoms with Gasteiger partial charge in [0.2, 0.25) is 11.8 Å². The standard InChI is InChI=1S/C22H24N2O6/c1-11-15(13-6-8-14(9-7-13)22-24-23-12(2)29-22)4-3-5-16(11)21-20(28)19(27)18(26)17(10-25)30-21/h3-9,17-21,25-28H,10H2,1-2H3. The van der Waals surface area contributed by atoms with Gasteiger partial charge in [-0.1, -0.05) is 30.3 Å². The molecular formula is C22H24N2O6. The van der Waals surface area contributed by atoms with Crippen molar-refractivity contribution in [3.8, 4) is 22.6 Å². The smallest absolute Gasteiger partial charge is 0.247 e. The zero-order valence-corrected chi connectivity index (χ0v) is 16.6. The summed E-state index contributed by atoms with van der Waals surface area (Å²) >= 11 is 0. The molecule has 0 saturated carbocycles. The molecule has 0 spiro atoms. The Morgan fingerprint density at radius 1 is 0.867 bits per heavy atom. The van der Waals surface area contributed by atoms with Crippen LogP contribution >= 0.6 is 0 Å². The van der Waals surface area contributed by atoms with Gasteiger partial charge in [-0.05, 0) is 41.3 Å². The minimum Gasteiger partial charge on any atom is -0.421 e. The van der Waals surface area contributed by atoms with Crippen molar-refractivity contribution in [2.45, 2.75) is 44.4 Å². The first kappa shape index (κ1) is 20.6. The highest BCUT2D eigenvalue weighted by molar-refractivity contribution is 5.71. The first-order valence-corrected chi connectivity index (χ1v) is 9.71. The van der Waals surface area contributed by atoms with Crippen LogP contribution in [0.3, 0.4) is 0 Å². The summed E-state index contributed by atoms with van der Waals surface area (Å²) in [7, 11) is 0. The van der Waals surface area contributed by atoms with Crippen LogP contribution in [0.15, 0.2) is 46.9 Å². The van der Waals surface area contributed by atoms with Crippen LogP contribution in [-0.4, -0.2) is 61.6 Å². The maximum atomic E-state index is 10.5. The van der Waals surface area contributed by atoms with E-state index in [1.54, 1.807) is 13.0 Å². The molecule has 8 heteroatoms. The van der Waals surface area contributed by atoms with Gasteiger partial charge in [0.15, 0.2) is 0 Å². The largest absolute Gasteiger partial charge is 0.421 e. The Labute approximate surface area is 173 Å². The number of nitrogens with zero attached hydrogens (tertiary/aromatic N) is 2. The number of hydrogen-bond acceptors (Lipinski definition) is 8. The van der Waals surface area contributed by atoms with Crippen LogP contribution < -0.4 is 0 Å². The molecule has 1 aromatic heterocycles. The van der Waals surface area contributed by atoms with Crippen LogP contribution in [0.5, 0.6) is 0 Å². The van der Waals surface area contributed by atoms with Crippen molar-refractivity contribution in [3.05, 3.63) is 59.5 Å². The number of rotatable bonds is 4. The topological polar surface area (TPSA) is 129 Å². The van der Waals surface area contributed by atoms with Crippen molar-refractivity contribution in [3.63, 3.8) is 0 Å². The molecule has 1 aliphatic rings. The molecule has 2 heterocycles. The molecule has 4 N–H and O–H groups in total. The molecule has 0 amide bonds. The van der Waals surface area contributed by atoms with Crippen molar-refractivity contribution < 1.29 is 29.6 Å². The molecule has 8 nitrogen and oxygen atoms in total. The summed E-state index contributed by atoms with van der Waals surface area (Å²) in [6, 6.07) is 13.3. The van der Waals surface area contributed by atoms with Crippen molar-refractivity contribution in [1.29, 1.82) is 0 Å². The molecule has 2 aromatic carbocycles. The molecule has 158 valence electrons. The van der Waals surface area contributed by atoms with E-state index in [4.69, 9.17) is 9.15 Å². The van der Waals surface area contributed by atoms with Gasteiger partial charge in [0.25, 0.3) is 0 Å². The maximum Gasteiger partial charge on any atom is 0.247 e. The summed E-state index contributed by atoms with van der Waals surface area (Å²) in [6.07, 6.45) is -5.94. The predicted octanol–water partition coefficient (Wildman–Crippen LogP) is 1.54. The molecular weight excluding hydrogens is 388 g/mol. The fraction of sp³-hybridized carbons (Fsp3) is 0.364. The minimum atomic E-state index is -1.42. The number of ether oxygens (including phenoxy) is 1. The molecule has 1 aliphatic heterocycles. The van der Waals surface area contributed by atoms with Crippen LogP contribution in [0.1, 0.15) is 23.1 Å².